The number of nitrogens with zero attached hydrogens (tertiary/aromatic N) is 2. The number of carbonyl (C=O) groups is 2. The molecular weight excluding hydrogens is 386 g/mol. The largest absolute Gasteiger partial charge is 0.358 e. The number of hydrogen-bond donors (Lipinski definition) is 3. The Kier molecular flexibility index (Phi) is 5.40. The lowest BCUT2D eigenvalue weighted by Gasteiger charge is -2.30. The lowest BCUT2D eigenvalue weighted by Crippen LogP contribution is -2.57. The molecule has 1 amide bonds. The Hall–Kier alpha value is -2.32. The van der Waals surface area contributed by atoms with Crippen LogP contribution < -0.4 is 16.4 Å². The van der Waals surface area contributed by atoms with Crippen molar-refractivity contribution >= 4 is 39.1 Å². The molecule has 154 valence electrons. The van der Waals surface area contributed by atoms with Crippen LogP contribution >= 0.6 is 11.3 Å². The number of carbonyl (C=O) groups excluding carboxylic acids is 2. The zero-order valence-electron chi connectivity index (χ0n) is 16.8. The summed E-state index contributed by atoms with van der Waals surface area (Å²) in [7, 11) is 0. The highest BCUT2D eigenvalue weighted by molar-refractivity contribution is 7.20. The van der Waals surface area contributed by atoms with Crippen LogP contribution in [0.2, 0.25) is 0 Å². The molecule has 0 aliphatic carbocycles. The summed E-state index contributed by atoms with van der Waals surface area (Å²) in [6.45, 7) is 5.15. The SMILES string of the molecule is CC(C)C[C@H](N)C1=NC[C@@](CC2CCNC2=O)(C(=O)c2nc3ccccc3s2)N1. The minimum absolute atomic E-state index is 0.00297. The van der Waals surface area contributed by atoms with Crippen LogP contribution in [0.25, 0.3) is 10.2 Å². The molecule has 2 aliphatic rings. The third kappa shape index (κ3) is 3.91. The van der Waals surface area contributed by atoms with Gasteiger partial charge in [0.25, 0.3) is 0 Å². The highest BCUT2D eigenvalue weighted by Gasteiger charge is 2.48. The van der Waals surface area contributed by atoms with Crippen molar-refractivity contribution < 1.29 is 9.59 Å². The lowest BCUT2D eigenvalue weighted by atomic mass is 9.83. The van der Waals surface area contributed by atoms with E-state index in [1.807, 2.05) is 24.3 Å². The van der Waals surface area contributed by atoms with Gasteiger partial charge in [-0.3, -0.25) is 14.6 Å². The number of hydrogen-bond acceptors (Lipinski definition) is 7. The molecule has 1 aromatic heterocycles. The van der Waals surface area contributed by atoms with Crippen LogP contribution in [0.1, 0.15) is 42.9 Å². The maximum atomic E-state index is 13.7. The van der Waals surface area contributed by atoms with Gasteiger partial charge in [0, 0.05) is 12.5 Å². The number of ketones is 1. The molecule has 4 N–H and O–H groups in total. The monoisotopic (exact) mass is 413 g/mol. The van der Waals surface area contributed by atoms with E-state index in [-0.39, 0.29) is 30.2 Å². The third-order valence-corrected chi connectivity index (χ3v) is 6.68. The Labute approximate surface area is 174 Å². The van der Waals surface area contributed by atoms with Gasteiger partial charge < -0.3 is 16.4 Å². The molecule has 4 rings (SSSR count). The first kappa shape index (κ1) is 20.0. The fraction of sp³-hybridized carbons (Fsp3) is 0.524. The fourth-order valence-corrected chi connectivity index (χ4v) is 5.15. The average Bonchev–Trinajstić information content (AvgIpc) is 3.40. The number of Topliss-reactive ketones (excluding diaryl/α,β-unsaturated/α-hetero) is 1. The molecule has 8 heteroatoms. The molecule has 3 atom stereocenters. The van der Waals surface area contributed by atoms with E-state index >= 15 is 0 Å². The van der Waals surface area contributed by atoms with Crippen LogP contribution in [0, 0.1) is 11.8 Å². The van der Waals surface area contributed by atoms with Crippen molar-refractivity contribution in [1.29, 1.82) is 0 Å². The van der Waals surface area contributed by atoms with Crippen molar-refractivity contribution in [2.45, 2.75) is 44.7 Å². The maximum absolute atomic E-state index is 13.7. The molecule has 29 heavy (non-hydrogen) atoms. The van der Waals surface area contributed by atoms with E-state index in [0.29, 0.717) is 29.7 Å². The van der Waals surface area contributed by atoms with Gasteiger partial charge in [-0.15, -0.1) is 11.3 Å². The summed E-state index contributed by atoms with van der Waals surface area (Å²) in [4.78, 5) is 35.1. The molecule has 1 saturated heterocycles. The van der Waals surface area contributed by atoms with Crippen LogP contribution in [0.15, 0.2) is 29.3 Å². The molecule has 2 aliphatic heterocycles. The molecule has 1 aromatic carbocycles. The van der Waals surface area contributed by atoms with E-state index in [1.165, 1.54) is 11.3 Å². The minimum atomic E-state index is -0.968. The zero-order valence-corrected chi connectivity index (χ0v) is 17.6. The van der Waals surface area contributed by atoms with E-state index in [9.17, 15) is 9.59 Å². The van der Waals surface area contributed by atoms with Gasteiger partial charge in [-0.05, 0) is 37.3 Å². The van der Waals surface area contributed by atoms with Gasteiger partial charge in [0.05, 0.1) is 22.8 Å². The van der Waals surface area contributed by atoms with Crippen molar-refractivity contribution in [3.8, 4) is 0 Å². The Morgan fingerprint density at radius 2 is 2.17 bits per heavy atom. The van der Waals surface area contributed by atoms with E-state index in [1.54, 1.807) is 0 Å². The van der Waals surface area contributed by atoms with Gasteiger partial charge in [-0.1, -0.05) is 26.0 Å². The number of benzene rings is 1. The Bertz CT molecular complexity index is 936. The number of nitrogens with one attached hydrogen (secondary N) is 2. The van der Waals surface area contributed by atoms with Crippen LogP contribution in [-0.2, 0) is 4.79 Å². The predicted molar refractivity (Wildman–Crippen MR) is 115 cm³/mol. The van der Waals surface area contributed by atoms with Gasteiger partial charge >= 0.3 is 0 Å². The topological polar surface area (TPSA) is 109 Å². The number of nitrogens with two attached hydrogens (primary N) is 1. The average molecular weight is 414 g/mol. The molecule has 0 spiro atoms. The van der Waals surface area contributed by atoms with Crippen LogP contribution in [-0.4, -0.2) is 47.2 Å². The highest BCUT2D eigenvalue weighted by atomic mass is 32.1. The number of thiazole rings is 1. The second-order valence-corrected chi connectivity index (χ2v) is 9.47. The molecule has 0 radical (unpaired) electrons. The number of aliphatic imine (C=N–C) groups is 1. The summed E-state index contributed by atoms with van der Waals surface area (Å²) in [6, 6.07) is 7.46. The van der Waals surface area contributed by atoms with E-state index in [4.69, 9.17) is 5.73 Å². The number of amidine groups is 1. The molecular formula is C21H27N5O2S. The van der Waals surface area contributed by atoms with Crippen LogP contribution in [0.4, 0.5) is 0 Å². The lowest BCUT2D eigenvalue weighted by molar-refractivity contribution is -0.122. The molecule has 0 saturated carbocycles. The van der Waals surface area contributed by atoms with Crippen molar-refractivity contribution in [2.24, 2.45) is 22.6 Å². The fourth-order valence-electron chi connectivity index (χ4n) is 4.15. The van der Waals surface area contributed by atoms with E-state index in [0.717, 1.165) is 23.1 Å². The smallest absolute Gasteiger partial charge is 0.223 e. The summed E-state index contributed by atoms with van der Waals surface area (Å²) < 4.78 is 0.972. The van der Waals surface area contributed by atoms with Crippen molar-refractivity contribution in [1.82, 2.24) is 15.6 Å². The van der Waals surface area contributed by atoms with Crippen molar-refractivity contribution in [3.63, 3.8) is 0 Å². The molecule has 7 nitrogen and oxygen atoms in total. The molecule has 3 heterocycles. The number of amides is 1. The molecule has 1 fully saturated rings. The summed E-state index contributed by atoms with van der Waals surface area (Å²) >= 11 is 1.39. The van der Waals surface area contributed by atoms with Gasteiger partial charge in [-0.25, -0.2) is 4.98 Å². The van der Waals surface area contributed by atoms with Gasteiger partial charge in [0.15, 0.2) is 5.01 Å². The molecule has 2 aromatic rings. The Morgan fingerprint density at radius 3 is 2.86 bits per heavy atom. The quantitative estimate of drug-likeness (QED) is 0.603. The van der Waals surface area contributed by atoms with E-state index in [2.05, 4.69) is 34.5 Å². The summed E-state index contributed by atoms with van der Waals surface area (Å²) in [5.74, 6) is 0.769. The molecule has 1 unspecified atom stereocenters. The van der Waals surface area contributed by atoms with Gasteiger partial charge in [0.2, 0.25) is 11.7 Å². The van der Waals surface area contributed by atoms with Crippen molar-refractivity contribution in [2.75, 3.05) is 13.1 Å². The Balaban J connectivity index is 1.63. The maximum Gasteiger partial charge on any atom is 0.223 e. The van der Waals surface area contributed by atoms with Crippen LogP contribution in [0.3, 0.4) is 0 Å². The summed E-state index contributed by atoms with van der Waals surface area (Å²) in [5, 5.41) is 6.68. The second-order valence-electron chi connectivity index (χ2n) is 8.44. The molecule has 0 bridgehead atoms. The number of aromatic nitrogens is 1. The number of rotatable bonds is 7. The number of para-hydroxylation sites is 1. The first-order chi connectivity index (χ1) is 13.9. The zero-order chi connectivity index (χ0) is 20.6. The standard InChI is InChI=1S/C21H27N5O2S/c1-12(2)9-14(22)18-24-11-21(26-18,10-13-7-8-23-19(13)28)17(27)20-25-15-5-3-4-6-16(15)29-20/h3-6,12-14H,7-11,22H2,1-2H3,(H,23,28)(H,24,26)/t13?,14-,21-/m0/s1. The van der Waals surface area contributed by atoms with Crippen LogP contribution in [0.5, 0.6) is 0 Å². The normalized spacial score (nSPS) is 25.2. The van der Waals surface area contributed by atoms with E-state index < -0.39 is 5.54 Å². The summed E-state index contributed by atoms with van der Waals surface area (Å²) in [6.07, 6.45) is 1.90. The van der Waals surface area contributed by atoms with Gasteiger partial charge in [0.1, 0.15) is 11.4 Å². The highest BCUT2D eigenvalue weighted by Crippen LogP contribution is 2.32. The minimum Gasteiger partial charge on any atom is -0.358 e. The third-order valence-electron chi connectivity index (χ3n) is 5.64. The predicted octanol–water partition coefficient (Wildman–Crippen LogP) is 2.12. The number of fused-ring (bicyclic) bond motifs is 1. The van der Waals surface area contributed by atoms with Gasteiger partial charge in [-0.2, -0.15) is 0 Å². The first-order valence-corrected chi connectivity index (χ1v) is 11.0. The Morgan fingerprint density at radius 1 is 1.38 bits per heavy atom. The first-order valence-electron chi connectivity index (χ1n) is 10.1. The summed E-state index contributed by atoms with van der Waals surface area (Å²) in [5.41, 5.74) is 6.18. The second kappa shape index (κ2) is 7.84. The van der Waals surface area contributed by atoms with Crippen molar-refractivity contribution in [3.05, 3.63) is 29.3 Å².